The molecule has 2 aromatic carbocycles. The zero-order valence-corrected chi connectivity index (χ0v) is 14.8. The van der Waals surface area contributed by atoms with Gasteiger partial charge in [-0.1, -0.05) is 31.0 Å². The summed E-state index contributed by atoms with van der Waals surface area (Å²) in [5, 5.41) is 6.02. The van der Waals surface area contributed by atoms with E-state index in [9.17, 15) is 9.59 Å². The predicted octanol–water partition coefficient (Wildman–Crippen LogP) is 4.23. The Labute approximate surface area is 148 Å². The van der Waals surface area contributed by atoms with Crippen LogP contribution in [0.3, 0.4) is 0 Å². The van der Waals surface area contributed by atoms with Crippen molar-refractivity contribution in [2.24, 2.45) is 0 Å². The summed E-state index contributed by atoms with van der Waals surface area (Å²) in [7, 11) is 0. The summed E-state index contributed by atoms with van der Waals surface area (Å²) in [4.78, 5) is 24.7. The molecular formula is C21H24N2O2. The first kappa shape index (κ1) is 17.2. The Balaban J connectivity index is 1.67. The van der Waals surface area contributed by atoms with E-state index in [2.05, 4.69) is 10.6 Å². The number of hydrogen-bond donors (Lipinski definition) is 2. The average molecular weight is 336 g/mol. The van der Waals surface area contributed by atoms with Crippen LogP contribution in [0.15, 0.2) is 42.5 Å². The fourth-order valence-corrected chi connectivity index (χ4v) is 3.31. The standard InChI is InChI=1S/C21H24N2O2/c1-14-6-5-7-15(2)19(14)23-21(25)17-12-10-16(11-13-17)20(24)22-18-8-3-4-9-18/h5-7,10-13,18H,3-4,8-9H2,1-2H3,(H,22,24)(H,23,25). The van der Waals surface area contributed by atoms with Crippen LogP contribution in [-0.2, 0) is 0 Å². The Morgan fingerprint density at radius 1 is 0.840 bits per heavy atom. The second kappa shape index (κ2) is 7.51. The molecule has 0 saturated heterocycles. The number of para-hydroxylation sites is 1. The minimum absolute atomic E-state index is 0.0615. The van der Waals surface area contributed by atoms with Crippen molar-refractivity contribution in [3.63, 3.8) is 0 Å². The molecule has 25 heavy (non-hydrogen) atoms. The van der Waals surface area contributed by atoms with Gasteiger partial charge in [-0.15, -0.1) is 0 Å². The van der Waals surface area contributed by atoms with Gasteiger partial charge in [0, 0.05) is 22.9 Å². The highest BCUT2D eigenvalue weighted by Gasteiger charge is 2.18. The Hall–Kier alpha value is -2.62. The molecule has 2 aromatic rings. The number of amides is 2. The zero-order valence-electron chi connectivity index (χ0n) is 14.8. The third-order valence-electron chi connectivity index (χ3n) is 4.82. The quantitative estimate of drug-likeness (QED) is 0.878. The van der Waals surface area contributed by atoms with Crippen molar-refractivity contribution in [3.05, 3.63) is 64.7 Å². The Morgan fingerprint density at radius 2 is 1.36 bits per heavy atom. The van der Waals surface area contributed by atoms with Gasteiger partial charge in [-0.2, -0.15) is 0 Å². The van der Waals surface area contributed by atoms with E-state index in [-0.39, 0.29) is 11.8 Å². The highest BCUT2D eigenvalue weighted by Crippen LogP contribution is 2.21. The van der Waals surface area contributed by atoms with Crippen LogP contribution in [0.2, 0.25) is 0 Å². The van der Waals surface area contributed by atoms with Crippen LogP contribution in [0.25, 0.3) is 0 Å². The Bertz CT molecular complexity index is 755. The molecule has 0 heterocycles. The summed E-state index contributed by atoms with van der Waals surface area (Å²) < 4.78 is 0. The number of aryl methyl sites for hydroxylation is 2. The van der Waals surface area contributed by atoms with Crippen LogP contribution in [0.1, 0.15) is 57.5 Å². The van der Waals surface area contributed by atoms with Crippen LogP contribution >= 0.6 is 0 Å². The lowest BCUT2D eigenvalue weighted by atomic mass is 10.1. The minimum Gasteiger partial charge on any atom is -0.349 e. The molecule has 0 bridgehead atoms. The second-order valence-electron chi connectivity index (χ2n) is 6.75. The largest absolute Gasteiger partial charge is 0.349 e. The van der Waals surface area contributed by atoms with E-state index in [0.29, 0.717) is 17.2 Å². The first-order valence-electron chi connectivity index (χ1n) is 8.83. The average Bonchev–Trinajstić information content (AvgIpc) is 3.11. The summed E-state index contributed by atoms with van der Waals surface area (Å²) in [6.07, 6.45) is 4.48. The van der Waals surface area contributed by atoms with Crippen molar-refractivity contribution >= 4 is 17.5 Å². The number of hydrogen-bond acceptors (Lipinski definition) is 2. The molecule has 0 unspecified atom stereocenters. The number of anilines is 1. The van der Waals surface area contributed by atoms with Gasteiger partial charge < -0.3 is 10.6 Å². The molecule has 1 aliphatic rings. The molecule has 0 radical (unpaired) electrons. The summed E-state index contributed by atoms with van der Waals surface area (Å²) in [6, 6.07) is 13.0. The van der Waals surface area contributed by atoms with Gasteiger partial charge in [0.2, 0.25) is 0 Å². The maximum Gasteiger partial charge on any atom is 0.255 e. The van der Waals surface area contributed by atoms with Gasteiger partial charge >= 0.3 is 0 Å². The van der Waals surface area contributed by atoms with Gasteiger partial charge in [0.15, 0.2) is 0 Å². The summed E-state index contributed by atoms with van der Waals surface area (Å²) in [5.41, 5.74) is 4.04. The fourth-order valence-electron chi connectivity index (χ4n) is 3.31. The van der Waals surface area contributed by atoms with Crippen LogP contribution in [0.5, 0.6) is 0 Å². The fraction of sp³-hybridized carbons (Fsp3) is 0.333. The van der Waals surface area contributed by atoms with E-state index in [0.717, 1.165) is 29.7 Å². The maximum atomic E-state index is 12.5. The molecule has 1 fully saturated rings. The molecule has 0 aliphatic heterocycles. The van der Waals surface area contributed by atoms with Crippen LogP contribution in [-0.4, -0.2) is 17.9 Å². The number of rotatable bonds is 4. The van der Waals surface area contributed by atoms with E-state index >= 15 is 0 Å². The zero-order chi connectivity index (χ0) is 17.8. The van der Waals surface area contributed by atoms with Crippen molar-refractivity contribution in [1.82, 2.24) is 5.32 Å². The number of nitrogens with one attached hydrogen (secondary N) is 2. The molecule has 2 amide bonds. The Kier molecular flexibility index (Phi) is 5.17. The molecule has 3 rings (SSSR count). The van der Waals surface area contributed by atoms with Crippen molar-refractivity contribution < 1.29 is 9.59 Å². The van der Waals surface area contributed by atoms with Gasteiger partial charge in [-0.05, 0) is 62.1 Å². The van der Waals surface area contributed by atoms with Crippen molar-refractivity contribution in [1.29, 1.82) is 0 Å². The lowest BCUT2D eigenvalue weighted by Crippen LogP contribution is -2.32. The van der Waals surface area contributed by atoms with E-state index in [4.69, 9.17) is 0 Å². The van der Waals surface area contributed by atoms with Gasteiger partial charge in [0.05, 0.1) is 0 Å². The highest BCUT2D eigenvalue weighted by molar-refractivity contribution is 6.05. The third kappa shape index (κ3) is 4.08. The molecule has 0 aromatic heterocycles. The summed E-state index contributed by atoms with van der Waals surface area (Å²) >= 11 is 0. The smallest absolute Gasteiger partial charge is 0.255 e. The molecular weight excluding hydrogens is 312 g/mol. The van der Waals surface area contributed by atoms with Crippen molar-refractivity contribution in [3.8, 4) is 0 Å². The Morgan fingerprint density at radius 3 is 1.92 bits per heavy atom. The number of carbonyl (C=O) groups excluding carboxylic acids is 2. The van der Waals surface area contributed by atoms with Gasteiger partial charge in [-0.3, -0.25) is 9.59 Å². The number of benzene rings is 2. The molecule has 2 N–H and O–H groups in total. The lowest BCUT2D eigenvalue weighted by molar-refractivity contribution is 0.0936. The summed E-state index contributed by atoms with van der Waals surface area (Å²) in [5.74, 6) is -0.228. The van der Waals surface area contributed by atoms with E-state index < -0.39 is 0 Å². The molecule has 1 saturated carbocycles. The normalized spacial score (nSPS) is 14.3. The van der Waals surface area contributed by atoms with Crippen molar-refractivity contribution in [2.75, 3.05) is 5.32 Å². The monoisotopic (exact) mass is 336 g/mol. The number of carbonyl (C=O) groups is 2. The molecule has 4 nitrogen and oxygen atoms in total. The second-order valence-corrected chi connectivity index (χ2v) is 6.75. The van der Waals surface area contributed by atoms with Gasteiger partial charge in [0.1, 0.15) is 0 Å². The summed E-state index contributed by atoms with van der Waals surface area (Å²) in [6.45, 7) is 3.94. The topological polar surface area (TPSA) is 58.2 Å². The molecule has 0 atom stereocenters. The van der Waals surface area contributed by atoms with E-state index in [1.165, 1.54) is 12.8 Å². The van der Waals surface area contributed by atoms with Crippen LogP contribution < -0.4 is 10.6 Å². The van der Waals surface area contributed by atoms with E-state index in [1.54, 1.807) is 24.3 Å². The third-order valence-corrected chi connectivity index (χ3v) is 4.82. The maximum absolute atomic E-state index is 12.5. The molecule has 1 aliphatic carbocycles. The predicted molar refractivity (Wildman–Crippen MR) is 100 cm³/mol. The molecule has 130 valence electrons. The molecule has 0 spiro atoms. The van der Waals surface area contributed by atoms with Crippen LogP contribution in [0, 0.1) is 13.8 Å². The highest BCUT2D eigenvalue weighted by atomic mass is 16.2. The van der Waals surface area contributed by atoms with E-state index in [1.807, 2.05) is 32.0 Å². The first-order valence-corrected chi connectivity index (χ1v) is 8.83. The first-order chi connectivity index (χ1) is 12.0. The van der Waals surface area contributed by atoms with Crippen molar-refractivity contribution in [2.45, 2.75) is 45.6 Å². The molecule has 4 heteroatoms. The SMILES string of the molecule is Cc1cccc(C)c1NC(=O)c1ccc(C(=O)NC2CCCC2)cc1. The lowest BCUT2D eigenvalue weighted by Gasteiger charge is -2.13. The minimum atomic E-state index is -0.167. The van der Waals surface area contributed by atoms with Crippen LogP contribution in [0.4, 0.5) is 5.69 Å². The van der Waals surface area contributed by atoms with Gasteiger partial charge in [-0.25, -0.2) is 0 Å². The van der Waals surface area contributed by atoms with Gasteiger partial charge in [0.25, 0.3) is 11.8 Å².